The third-order valence-corrected chi connectivity index (χ3v) is 20.9. The molecule has 0 aliphatic carbocycles. The number of hydrogen-bond acceptors (Lipinski definition) is 5. The van der Waals surface area contributed by atoms with E-state index in [0.717, 1.165) is 51.4 Å². The van der Waals surface area contributed by atoms with Gasteiger partial charge >= 0.3 is 5.97 Å². The van der Waals surface area contributed by atoms with E-state index in [9.17, 15) is 19.8 Å². The van der Waals surface area contributed by atoms with Crippen LogP contribution in [0.2, 0.25) is 0 Å². The fourth-order valence-corrected chi connectivity index (χ4v) is 14.2. The van der Waals surface area contributed by atoms with E-state index < -0.39 is 12.1 Å². The van der Waals surface area contributed by atoms with Crippen LogP contribution in [0.4, 0.5) is 0 Å². The van der Waals surface area contributed by atoms with Gasteiger partial charge in [-0.15, -0.1) is 0 Å². The van der Waals surface area contributed by atoms with E-state index in [4.69, 9.17) is 4.74 Å². The van der Waals surface area contributed by atoms with E-state index in [1.165, 1.54) is 424 Å². The Morgan fingerprint density at radius 3 is 0.802 bits per heavy atom. The van der Waals surface area contributed by atoms with Gasteiger partial charge in [0, 0.05) is 12.8 Å². The summed E-state index contributed by atoms with van der Waals surface area (Å²) in [5, 5.41) is 23.3. The summed E-state index contributed by atoms with van der Waals surface area (Å²) in [5.74, 6) is -0.0398. The van der Waals surface area contributed by atoms with Gasteiger partial charge in [-0.05, 0) is 64.2 Å². The van der Waals surface area contributed by atoms with Crippen molar-refractivity contribution in [3.05, 3.63) is 36.5 Å². The maximum Gasteiger partial charge on any atom is 0.305 e. The molecular weight excluding hydrogens is 1170 g/mol. The second kappa shape index (κ2) is 85.5. The molecule has 0 fully saturated rings. The smallest absolute Gasteiger partial charge is 0.305 e. The molecule has 2 unspecified atom stereocenters. The summed E-state index contributed by atoms with van der Waals surface area (Å²) in [7, 11) is 0. The highest BCUT2D eigenvalue weighted by Crippen LogP contribution is 2.21. The van der Waals surface area contributed by atoms with Crippen molar-refractivity contribution in [1.82, 2.24) is 5.32 Å². The Morgan fingerprint density at radius 2 is 0.521 bits per heavy atom. The van der Waals surface area contributed by atoms with Gasteiger partial charge < -0.3 is 20.3 Å². The number of aliphatic hydroxyl groups is 2. The average Bonchev–Trinajstić information content (AvgIpc) is 2.88. The summed E-state index contributed by atoms with van der Waals surface area (Å²) in [6.45, 7) is 4.94. The van der Waals surface area contributed by atoms with E-state index in [1.807, 2.05) is 6.08 Å². The monoisotopic (exact) mass is 1350 g/mol. The number of allylic oxidation sites excluding steroid dienone is 5. The van der Waals surface area contributed by atoms with Crippen molar-refractivity contribution in [2.24, 2.45) is 0 Å². The Hall–Kier alpha value is -1.92. The number of aliphatic hydroxyl groups excluding tert-OH is 2. The lowest BCUT2D eigenvalue weighted by Gasteiger charge is -2.20. The first-order chi connectivity index (χ1) is 47.5. The first-order valence-electron chi connectivity index (χ1n) is 44.3. The fourth-order valence-electron chi connectivity index (χ4n) is 14.2. The summed E-state index contributed by atoms with van der Waals surface area (Å²) in [5.41, 5.74) is 0. The fraction of sp³-hybridized carbons (Fsp3) is 0.911. The van der Waals surface area contributed by atoms with E-state index >= 15 is 0 Å². The highest BCUT2D eigenvalue weighted by Gasteiger charge is 2.18. The summed E-state index contributed by atoms with van der Waals surface area (Å²) in [4.78, 5) is 24.7. The molecular formula is C90H173NO5. The molecule has 3 N–H and O–H groups in total. The summed E-state index contributed by atoms with van der Waals surface area (Å²) < 4.78 is 5.52. The topological polar surface area (TPSA) is 95.9 Å². The van der Waals surface area contributed by atoms with Crippen LogP contribution >= 0.6 is 0 Å². The van der Waals surface area contributed by atoms with E-state index in [0.29, 0.717) is 19.4 Å². The molecule has 1 amide bonds. The maximum atomic E-state index is 12.6. The molecule has 0 bridgehead atoms. The lowest BCUT2D eigenvalue weighted by Crippen LogP contribution is -2.45. The highest BCUT2D eigenvalue weighted by atomic mass is 16.5. The van der Waals surface area contributed by atoms with Crippen LogP contribution in [0.1, 0.15) is 502 Å². The standard InChI is InChI=1S/C90H173NO5/c1-3-5-7-9-11-13-15-17-19-21-23-24-25-41-44-47-50-54-58-62-66-70-74-78-82-88(93)87(86-92)91-89(94)83-79-75-71-67-63-59-55-51-48-45-42-39-37-35-33-31-29-27-26-28-30-32-34-36-38-40-43-46-49-53-57-61-65-69-73-77-81-85-96-90(95)84-80-76-72-68-64-60-56-52-22-20-18-16-14-12-10-8-6-4-2/h14,16,20,22,78,82,87-88,92-93H,3-13,15,17-19,21,23-77,79-81,83-86H2,1-2H3,(H,91,94)/b16-14-,22-20-,82-78+. The molecule has 0 radical (unpaired) electrons. The second-order valence-electron chi connectivity index (χ2n) is 30.6. The van der Waals surface area contributed by atoms with E-state index in [2.05, 4.69) is 43.5 Å². The molecule has 0 aliphatic heterocycles. The number of rotatable bonds is 84. The number of carbonyl (C=O) groups excluding carboxylic acids is 2. The number of esters is 1. The minimum atomic E-state index is -0.842. The van der Waals surface area contributed by atoms with Crippen LogP contribution in [-0.4, -0.2) is 47.4 Å². The lowest BCUT2D eigenvalue weighted by atomic mass is 10.0. The lowest BCUT2D eigenvalue weighted by molar-refractivity contribution is -0.143. The Labute approximate surface area is 602 Å². The first-order valence-corrected chi connectivity index (χ1v) is 44.3. The molecule has 0 spiro atoms. The van der Waals surface area contributed by atoms with Crippen LogP contribution in [0.5, 0.6) is 0 Å². The number of amides is 1. The van der Waals surface area contributed by atoms with Crippen molar-refractivity contribution in [2.45, 2.75) is 514 Å². The van der Waals surface area contributed by atoms with Crippen molar-refractivity contribution in [2.75, 3.05) is 13.2 Å². The largest absolute Gasteiger partial charge is 0.466 e. The Balaban J connectivity index is 3.33. The van der Waals surface area contributed by atoms with Crippen LogP contribution in [0.3, 0.4) is 0 Å². The summed E-state index contributed by atoms with van der Waals surface area (Å²) in [6, 6.07) is -0.625. The van der Waals surface area contributed by atoms with Crippen molar-refractivity contribution in [3.63, 3.8) is 0 Å². The van der Waals surface area contributed by atoms with Crippen LogP contribution in [-0.2, 0) is 14.3 Å². The zero-order chi connectivity index (χ0) is 69.1. The molecule has 0 aromatic rings. The summed E-state index contributed by atoms with van der Waals surface area (Å²) in [6.07, 6.45) is 113. The number of nitrogens with one attached hydrogen (secondary N) is 1. The number of ether oxygens (including phenoxy) is 1. The summed E-state index contributed by atoms with van der Waals surface area (Å²) >= 11 is 0. The molecule has 0 saturated carbocycles. The number of hydrogen-bond donors (Lipinski definition) is 3. The molecule has 0 heterocycles. The van der Waals surface area contributed by atoms with Gasteiger partial charge in [-0.25, -0.2) is 0 Å². The molecule has 6 heteroatoms. The van der Waals surface area contributed by atoms with Crippen molar-refractivity contribution in [1.29, 1.82) is 0 Å². The first kappa shape index (κ1) is 94.1. The van der Waals surface area contributed by atoms with Gasteiger partial charge in [0.2, 0.25) is 5.91 Å². The van der Waals surface area contributed by atoms with Gasteiger partial charge in [-0.2, -0.15) is 0 Å². The van der Waals surface area contributed by atoms with Crippen LogP contribution in [0, 0.1) is 0 Å². The van der Waals surface area contributed by atoms with Crippen molar-refractivity contribution < 1.29 is 24.5 Å². The predicted octanol–water partition coefficient (Wildman–Crippen LogP) is 29.7. The van der Waals surface area contributed by atoms with Gasteiger partial charge in [0.15, 0.2) is 0 Å². The third kappa shape index (κ3) is 81.0. The second-order valence-corrected chi connectivity index (χ2v) is 30.6. The highest BCUT2D eigenvalue weighted by molar-refractivity contribution is 5.76. The van der Waals surface area contributed by atoms with Gasteiger partial charge in [0.05, 0.1) is 25.4 Å². The van der Waals surface area contributed by atoms with Gasteiger partial charge in [-0.3, -0.25) is 9.59 Å². The number of unbranched alkanes of at least 4 members (excludes halogenated alkanes) is 69. The van der Waals surface area contributed by atoms with Gasteiger partial charge in [0.25, 0.3) is 0 Å². The number of carbonyl (C=O) groups is 2. The van der Waals surface area contributed by atoms with Crippen LogP contribution in [0.25, 0.3) is 0 Å². The minimum absolute atomic E-state index is 0.0168. The average molecular weight is 1350 g/mol. The molecule has 0 saturated heterocycles. The molecule has 0 aromatic carbocycles. The molecule has 0 aliphatic rings. The van der Waals surface area contributed by atoms with Gasteiger partial charge in [0.1, 0.15) is 0 Å². The Bertz CT molecular complexity index is 1560. The predicted molar refractivity (Wildman–Crippen MR) is 426 cm³/mol. The quantitative estimate of drug-likeness (QED) is 0.0320. The molecule has 568 valence electrons. The third-order valence-electron chi connectivity index (χ3n) is 20.9. The minimum Gasteiger partial charge on any atom is -0.466 e. The zero-order valence-electron chi connectivity index (χ0n) is 65.4. The molecule has 96 heavy (non-hydrogen) atoms. The Morgan fingerprint density at radius 1 is 0.292 bits per heavy atom. The van der Waals surface area contributed by atoms with Crippen LogP contribution < -0.4 is 5.32 Å². The SMILES string of the molecule is CCCCCC/C=C\C/C=C\CCCCCCCCCC(=O)OCCCCCCCCCCCCCCCCCCCCCCCCCCCCCCCCCCCCCCCC(=O)NC(CO)C(O)/C=C/CCCCCCCCCCCCCCCCCCCCCCCC. The normalized spacial score (nSPS) is 12.6. The molecule has 2 atom stereocenters. The van der Waals surface area contributed by atoms with E-state index in [-0.39, 0.29) is 18.5 Å². The van der Waals surface area contributed by atoms with Crippen molar-refractivity contribution in [3.8, 4) is 0 Å². The zero-order valence-corrected chi connectivity index (χ0v) is 65.4. The Kier molecular flexibility index (Phi) is 83.8. The van der Waals surface area contributed by atoms with Crippen molar-refractivity contribution >= 4 is 11.9 Å². The maximum absolute atomic E-state index is 12.6. The molecule has 0 aromatic heterocycles. The van der Waals surface area contributed by atoms with Gasteiger partial charge in [-0.1, -0.05) is 461 Å². The van der Waals surface area contributed by atoms with Crippen LogP contribution in [0.15, 0.2) is 36.5 Å². The van der Waals surface area contributed by atoms with E-state index in [1.54, 1.807) is 6.08 Å². The molecule has 6 nitrogen and oxygen atoms in total. The molecule has 0 rings (SSSR count).